The molecule has 2 nitrogen and oxygen atoms in total. The van der Waals surface area contributed by atoms with Crippen LogP contribution in [0.4, 0.5) is 13.2 Å². The molecule has 0 N–H and O–H groups in total. The van der Waals surface area contributed by atoms with Gasteiger partial charge in [0.2, 0.25) is 0 Å². The second-order valence-electron chi connectivity index (χ2n) is 2.74. The van der Waals surface area contributed by atoms with Crippen LogP contribution in [0.5, 0.6) is 0 Å². The van der Waals surface area contributed by atoms with Crippen LogP contribution in [0.15, 0.2) is 18.5 Å². The quantitative estimate of drug-likeness (QED) is 0.705. The molecular formula is C9H8F3NO. The first-order valence-corrected chi connectivity index (χ1v) is 3.99. The van der Waals surface area contributed by atoms with Crippen molar-refractivity contribution in [1.29, 1.82) is 0 Å². The van der Waals surface area contributed by atoms with Gasteiger partial charge in [0, 0.05) is 18.8 Å². The van der Waals surface area contributed by atoms with E-state index in [0.717, 1.165) is 6.20 Å². The average Bonchev–Trinajstić information content (AvgIpc) is 2.14. The molecule has 0 aliphatic carbocycles. The molecule has 0 aliphatic heterocycles. The van der Waals surface area contributed by atoms with Gasteiger partial charge in [-0.15, -0.1) is 0 Å². The standard InChI is InChI=1S/C9H8F3NO/c10-9(11,12)8-6-13-4-3-7(8)2-1-5-14/h3-6H,1-2H2. The third-order valence-electron chi connectivity index (χ3n) is 1.75. The minimum atomic E-state index is -4.40. The predicted octanol–water partition coefficient (Wildman–Crippen LogP) is 2.23. The smallest absolute Gasteiger partial charge is 0.303 e. The summed E-state index contributed by atoms with van der Waals surface area (Å²) in [4.78, 5) is 13.5. The van der Waals surface area contributed by atoms with Crippen molar-refractivity contribution in [2.45, 2.75) is 19.0 Å². The first kappa shape index (κ1) is 10.7. The summed E-state index contributed by atoms with van der Waals surface area (Å²) in [6, 6.07) is 1.28. The molecule has 0 saturated carbocycles. The highest BCUT2D eigenvalue weighted by Crippen LogP contribution is 2.31. The van der Waals surface area contributed by atoms with Gasteiger partial charge in [0.25, 0.3) is 0 Å². The first-order chi connectivity index (χ1) is 6.55. The van der Waals surface area contributed by atoms with Gasteiger partial charge < -0.3 is 4.79 Å². The fourth-order valence-corrected chi connectivity index (χ4v) is 1.11. The van der Waals surface area contributed by atoms with E-state index in [1.54, 1.807) is 0 Å². The third kappa shape index (κ3) is 2.55. The fourth-order valence-electron chi connectivity index (χ4n) is 1.11. The maximum atomic E-state index is 12.3. The maximum Gasteiger partial charge on any atom is 0.418 e. The van der Waals surface area contributed by atoms with Gasteiger partial charge >= 0.3 is 6.18 Å². The number of rotatable bonds is 3. The number of pyridine rings is 1. The maximum absolute atomic E-state index is 12.3. The molecule has 0 aromatic carbocycles. The minimum absolute atomic E-state index is 0.0904. The predicted molar refractivity (Wildman–Crippen MR) is 43.6 cm³/mol. The Morgan fingerprint density at radius 3 is 2.71 bits per heavy atom. The van der Waals surface area contributed by atoms with Crippen LogP contribution in [0.1, 0.15) is 17.5 Å². The molecule has 0 atom stereocenters. The summed E-state index contributed by atoms with van der Waals surface area (Å²) in [5.74, 6) is 0. The molecule has 5 heteroatoms. The number of aromatic nitrogens is 1. The number of aryl methyl sites for hydroxylation is 1. The van der Waals surface area contributed by atoms with E-state index < -0.39 is 11.7 Å². The molecule has 1 rings (SSSR count). The van der Waals surface area contributed by atoms with Crippen molar-refractivity contribution in [2.24, 2.45) is 0 Å². The number of hydrogen-bond acceptors (Lipinski definition) is 2. The van der Waals surface area contributed by atoms with Gasteiger partial charge in [-0.2, -0.15) is 13.2 Å². The van der Waals surface area contributed by atoms with Crippen molar-refractivity contribution in [3.05, 3.63) is 29.6 Å². The van der Waals surface area contributed by atoms with E-state index >= 15 is 0 Å². The molecular weight excluding hydrogens is 195 g/mol. The zero-order valence-corrected chi connectivity index (χ0v) is 7.21. The van der Waals surface area contributed by atoms with Crippen molar-refractivity contribution in [3.63, 3.8) is 0 Å². The average molecular weight is 203 g/mol. The lowest BCUT2D eigenvalue weighted by Crippen LogP contribution is -2.09. The van der Waals surface area contributed by atoms with E-state index in [0.29, 0.717) is 6.29 Å². The Bertz CT molecular complexity index is 322. The summed E-state index contributed by atoms with van der Waals surface area (Å²) in [7, 11) is 0. The molecule has 76 valence electrons. The summed E-state index contributed by atoms with van der Waals surface area (Å²) in [6.45, 7) is 0. The lowest BCUT2D eigenvalue weighted by molar-refractivity contribution is -0.138. The molecule has 0 unspecified atom stereocenters. The molecule has 1 aromatic rings. The van der Waals surface area contributed by atoms with Crippen LogP contribution >= 0.6 is 0 Å². The van der Waals surface area contributed by atoms with Gasteiger partial charge in [0.05, 0.1) is 5.56 Å². The van der Waals surface area contributed by atoms with E-state index in [1.165, 1.54) is 12.3 Å². The van der Waals surface area contributed by atoms with Crippen LogP contribution in [0.2, 0.25) is 0 Å². The first-order valence-electron chi connectivity index (χ1n) is 3.99. The Morgan fingerprint density at radius 1 is 1.43 bits per heavy atom. The molecule has 0 bridgehead atoms. The highest BCUT2D eigenvalue weighted by atomic mass is 19.4. The van der Waals surface area contributed by atoms with E-state index in [4.69, 9.17) is 0 Å². The second kappa shape index (κ2) is 4.21. The van der Waals surface area contributed by atoms with Crippen molar-refractivity contribution < 1.29 is 18.0 Å². The van der Waals surface area contributed by atoms with E-state index in [9.17, 15) is 18.0 Å². The Kier molecular flexibility index (Phi) is 3.22. The zero-order chi connectivity index (χ0) is 10.6. The highest BCUT2D eigenvalue weighted by Gasteiger charge is 2.33. The Morgan fingerprint density at radius 2 is 2.14 bits per heavy atom. The van der Waals surface area contributed by atoms with Crippen LogP contribution in [0, 0.1) is 0 Å². The fraction of sp³-hybridized carbons (Fsp3) is 0.333. The number of nitrogens with zero attached hydrogens (tertiary/aromatic N) is 1. The summed E-state index contributed by atoms with van der Waals surface area (Å²) in [5, 5.41) is 0. The number of carbonyl (C=O) groups is 1. The van der Waals surface area contributed by atoms with Crippen molar-refractivity contribution in [3.8, 4) is 0 Å². The largest absolute Gasteiger partial charge is 0.418 e. The molecule has 0 spiro atoms. The molecule has 0 amide bonds. The monoisotopic (exact) mass is 203 g/mol. The van der Waals surface area contributed by atoms with Gasteiger partial charge in [0.15, 0.2) is 0 Å². The molecule has 14 heavy (non-hydrogen) atoms. The Labute approximate surface area is 78.8 Å². The Hall–Kier alpha value is -1.39. The summed E-state index contributed by atoms with van der Waals surface area (Å²) in [5.41, 5.74) is -0.651. The number of hydrogen-bond donors (Lipinski definition) is 0. The highest BCUT2D eigenvalue weighted by molar-refractivity contribution is 5.50. The van der Waals surface area contributed by atoms with Crippen LogP contribution in [-0.2, 0) is 17.4 Å². The normalized spacial score (nSPS) is 11.4. The van der Waals surface area contributed by atoms with Crippen LogP contribution in [-0.4, -0.2) is 11.3 Å². The van der Waals surface area contributed by atoms with Crippen molar-refractivity contribution in [1.82, 2.24) is 4.98 Å². The number of carbonyl (C=O) groups excluding carboxylic acids is 1. The van der Waals surface area contributed by atoms with Gasteiger partial charge in [0.1, 0.15) is 6.29 Å². The molecule has 0 saturated heterocycles. The third-order valence-corrected chi connectivity index (χ3v) is 1.75. The topological polar surface area (TPSA) is 30.0 Å². The summed E-state index contributed by atoms with van der Waals surface area (Å²) >= 11 is 0. The number of aldehydes is 1. The van der Waals surface area contributed by atoms with Gasteiger partial charge in [-0.1, -0.05) is 0 Å². The molecule has 0 aliphatic rings. The van der Waals surface area contributed by atoms with Crippen molar-refractivity contribution in [2.75, 3.05) is 0 Å². The lowest BCUT2D eigenvalue weighted by atomic mass is 10.1. The van der Waals surface area contributed by atoms with Crippen LogP contribution < -0.4 is 0 Å². The molecule has 0 radical (unpaired) electrons. The number of halogens is 3. The SMILES string of the molecule is O=CCCc1ccncc1C(F)(F)F. The van der Waals surface area contributed by atoms with Crippen molar-refractivity contribution >= 4 is 6.29 Å². The van der Waals surface area contributed by atoms with E-state index in [-0.39, 0.29) is 18.4 Å². The zero-order valence-electron chi connectivity index (χ0n) is 7.21. The van der Waals surface area contributed by atoms with Crippen LogP contribution in [0.3, 0.4) is 0 Å². The molecule has 1 aromatic heterocycles. The molecule has 0 fully saturated rings. The molecule has 1 heterocycles. The summed E-state index contributed by atoms with van der Waals surface area (Å²) in [6.07, 6.45) is -1.55. The minimum Gasteiger partial charge on any atom is -0.303 e. The summed E-state index contributed by atoms with van der Waals surface area (Å²) < 4.78 is 37.0. The number of alkyl halides is 3. The van der Waals surface area contributed by atoms with Gasteiger partial charge in [-0.3, -0.25) is 4.98 Å². The Balaban J connectivity index is 2.97. The van der Waals surface area contributed by atoms with Crippen LogP contribution in [0.25, 0.3) is 0 Å². The van der Waals surface area contributed by atoms with Gasteiger partial charge in [-0.25, -0.2) is 0 Å². The van der Waals surface area contributed by atoms with E-state index in [2.05, 4.69) is 4.98 Å². The van der Waals surface area contributed by atoms with Gasteiger partial charge in [-0.05, 0) is 18.1 Å². The van der Waals surface area contributed by atoms with E-state index in [1.807, 2.05) is 0 Å². The lowest BCUT2D eigenvalue weighted by Gasteiger charge is -2.10. The second-order valence-corrected chi connectivity index (χ2v) is 2.74.